The van der Waals surface area contributed by atoms with E-state index >= 15 is 0 Å². The molecule has 2 heteroatoms. The number of hydrogen-bond acceptors (Lipinski definition) is 2. The number of hydrogen-bond donors (Lipinski definition) is 0. The third-order valence-electron chi connectivity index (χ3n) is 0.481. The van der Waals surface area contributed by atoms with Crippen LogP contribution in [0.25, 0.3) is 0 Å². The Morgan fingerprint density at radius 1 is 1.83 bits per heavy atom. The highest BCUT2D eigenvalue weighted by Crippen LogP contribution is 2.06. The van der Waals surface area contributed by atoms with Crippen molar-refractivity contribution >= 4 is 18.2 Å². The molecule has 0 unspecified atom stereocenters. The zero-order valence-electron chi connectivity index (χ0n) is 3.22. The van der Waals surface area contributed by atoms with Gasteiger partial charge in [-0.1, -0.05) is 0 Å². The van der Waals surface area contributed by atoms with Crippen LogP contribution in [0.15, 0.2) is 9.81 Å². The van der Waals surface area contributed by atoms with Gasteiger partial charge in [0.1, 0.15) is 0 Å². The largest absolute Gasteiger partial charge is 0.224 e. The molecule has 1 heterocycles. The van der Waals surface area contributed by atoms with E-state index in [2.05, 4.69) is 10.5 Å². The van der Waals surface area contributed by atoms with Crippen molar-refractivity contribution in [3.05, 3.63) is 11.5 Å². The predicted octanol–water partition coefficient (Wildman–Crippen LogP) is 1.43. The molecule has 0 aromatic carbocycles. The summed E-state index contributed by atoms with van der Waals surface area (Å²) < 4.78 is 3.85. The highest BCUT2D eigenvalue weighted by molar-refractivity contribution is 8.01. The van der Waals surface area contributed by atoms with Crippen LogP contribution in [-0.4, -0.2) is 6.21 Å². The Labute approximate surface area is 41.3 Å². The van der Waals surface area contributed by atoms with Crippen LogP contribution in [0.2, 0.25) is 0 Å². The van der Waals surface area contributed by atoms with Crippen LogP contribution in [0.4, 0.5) is 0 Å². The van der Waals surface area contributed by atoms with Gasteiger partial charge >= 0.3 is 0 Å². The first-order valence-electron chi connectivity index (χ1n) is 1.73. The second-order valence-corrected chi connectivity index (χ2v) is 1.58. The van der Waals surface area contributed by atoms with Crippen LogP contribution >= 0.6 is 11.9 Å². The molecule has 0 aromatic heterocycles. The molecule has 6 heavy (non-hydrogen) atoms. The lowest BCUT2D eigenvalue weighted by Gasteiger charge is -1.85. The fraction of sp³-hybridized carbons (Fsp3) is 0.250. The van der Waals surface area contributed by atoms with E-state index in [4.69, 9.17) is 0 Å². The van der Waals surface area contributed by atoms with Crippen molar-refractivity contribution in [1.29, 1.82) is 0 Å². The maximum absolute atomic E-state index is 3.85. The summed E-state index contributed by atoms with van der Waals surface area (Å²) >= 11 is 1.43. The van der Waals surface area contributed by atoms with Crippen molar-refractivity contribution in [3.63, 3.8) is 0 Å². The first kappa shape index (κ1) is 3.93. The Balaban J connectivity index is 2.40. The predicted molar refractivity (Wildman–Crippen MR) is 28.5 cm³/mol. The lowest BCUT2D eigenvalue weighted by Crippen LogP contribution is -1.70. The summed E-state index contributed by atoms with van der Waals surface area (Å²) in [4.78, 5) is 0. The topological polar surface area (TPSA) is 12.4 Å². The van der Waals surface area contributed by atoms with Gasteiger partial charge in [-0.15, -0.1) is 0 Å². The highest BCUT2D eigenvalue weighted by atomic mass is 32.2. The Hall–Kier alpha value is -0.240. The molecule has 0 atom stereocenters. The van der Waals surface area contributed by atoms with E-state index in [-0.39, 0.29) is 0 Å². The van der Waals surface area contributed by atoms with E-state index in [1.54, 1.807) is 0 Å². The molecule has 1 nitrogen and oxygen atoms in total. The first-order chi connectivity index (χ1) is 3.00. The standard InChI is InChI=1S/C4H4NS/c1-2-4-6-5-3-1/h3-4H,1H2. The molecule has 0 saturated heterocycles. The van der Waals surface area contributed by atoms with Gasteiger partial charge in [-0.25, -0.2) is 4.40 Å². The van der Waals surface area contributed by atoms with Crippen LogP contribution in [0.1, 0.15) is 6.42 Å². The summed E-state index contributed by atoms with van der Waals surface area (Å²) in [5.74, 6) is 0. The number of nitrogens with zero attached hydrogens (tertiary/aromatic N) is 1. The van der Waals surface area contributed by atoms with Crippen molar-refractivity contribution in [2.45, 2.75) is 6.42 Å². The molecule has 0 aromatic rings. The molecule has 31 valence electrons. The van der Waals surface area contributed by atoms with Gasteiger partial charge in [0.25, 0.3) is 0 Å². The molecule has 1 radical (unpaired) electrons. The Bertz CT molecular complexity index is 65.5. The lowest BCUT2D eigenvalue weighted by molar-refractivity contribution is 1.47. The second kappa shape index (κ2) is 2.03. The van der Waals surface area contributed by atoms with Crippen molar-refractivity contribution in [3.8, 4) is 0 Å². The minimum atomic E-state index is 0.882. The number of rotatable bonds is 0. The maximum atomic E-state index is 3.85. The van der Waals surface area contributed by atoms with Gasteiger partial charge in [0, 0.05) is 24.6 Å². The molecule has 1 aliphatic heterocycles. The molecule has 0 N–H and O–H groups in total. The van der Waals surface area contributed by atoms with Crippen LogP contribution < -0.4 is 0 Å². The average Bonchev–Trinajstić information content (AvgIpc) is 1.72. The molecule has 0 amide bonds. The minimum absolute atomic E-state index is 0.882. The average molecular weight is 98.1 g/mol. The van der Waals surface area contributed by atoms with E-state index in [1.165, 1.54) is 11.9 Å². The lowest BCUT2D eigenvalue weighted by atomic mass is 10.5. The van der Waals surface area contributed by atoms with Crippen LogP contribution in [0, 0.1) is 6.08 Å². The fourth-order valence-electron chi connectivity index (χ4n) is 0.249. The normalized spacial score (nSPS) is 18.7. The van der Waals surface area contributed by atoms with Crippen molar-refractivity contribution in [2.75, 3.05) is 0 Å². The molecule has 0 fully saturated rings. The van der Waals surface area contributed by atoms with E-state index < -0.39 is 0 Å². The Morgan fingerprint density at radius 2 is 2.83 bits per heavy atom. The van der Waals surface area contributed by atoms with E-state index in [9.17, 15) is 0 Å². The second-order valence-electron chi connectivity index (χ2n) is 0.919. The van der Waals surface area contributed by atoms with Gasteiger partial charge < -0.3 is 0 Å². The van der Waals surface area contributed by atoms with Gasteiger partial charge in [0.05, 0.1) is 0 Å². The van der Waals surface area contributed by atoms with Crippen LogP contribution in [-0.2, 0) is 0 Å². The van der Waals surface area contributed by atoms with Gasteiger partial charge in [0.15, 0.2) is 0 Å². The molecule has 0 saturated carbocycles. The third-order valence-corrected chi connectivity index (χ3v) is 1.02. The molecular formula is C4H4NS. The molecule has 1 aliphatic rings. The number of allylic oxidation sites excluding steroid dienone is 1. The van der Waals surface area contributed by atoms with E-state index in [0.29, 0.717) is 0 Å². The van der Waals surface area contributed by atoms with Gasteiger partial charge in [0.2, 0.25) is 0 Å². The maximum Gasteiger partial charge on any atom is 0.0174 e. The zero-order valence-corrected chi connectivity index (χ0v) is 4.03. The van der Waals surface area contributed by atoms with Crippen LogP contribution in [0.5, 0.6) is 0 Å². The molecular weight excluding hydrogens is 94.1 g/mol. The van der Waals surface area contributed by atoms with Gasteiger partial charge in [-0.05, 0) is 11.5 Å². The van der Waals surface area contributed by atoms with Crippen molar-refractivity contribution in [2.24, 2.45) is 4.40 Å². The van der Waals surface area contributed by atoms with Gasteiger partial charge in [-0.3, -0.25) is 0 Å². The first-order valence-corrected chi connectivity index (χ1v) is 2.56. The Kier molecular flexibility index (Phi) is 1.33. The molecule has 0 aliphatic carbocycles. The van der Waals surface area contributed by atoms with E-state index in [0.717, 1.165) is 6.42 Å². The smallest absolute Gasteiger partial charge is 0.0174 e. The van der Waals surface area contributed by atoms with Crippen molar-refractivity contribution < 1.29 is 0 Å². The third kappa shape index (κ3) is 0.863. The summed E-state index contributed by atoms with van der Waals surface area (Å²) in [6, 6.07) is 0. The highest BCUT2D eigenvalue weighted by Gasteiger charge is 1.78. The zero-order chi connectivity index (χ0) is 4.24. The summed E-state index contributed by atoms with van der Waals surface area (Å²) in [6.45, 7) is 0. The quantitative estimate of drug-likeness (QED) is 0.417. The summed E-state index contributed by atoms with van der Waals surface area (Å²) in [5.41, 5.74) is 0. The summed E-state index contributed by atoms with van der Waals surface area (Å²) in [5, 5.41) is 1.86. The summed E-state index contributed by atoms with van der Waals surface area (Å²) in [7, 11) is 0. The van der Waals surface area contributed by atoms with Gasteiger partial charge in [-0.2, -0.15) is 0 Å². The minimum Gasteiger partial charge on any atom is -0.224 e. The SMILES string of the molecule is [C]1=CSN=CC1. The molecule has 0 bridgehead atoms. The summed E-state index contributed by atoms with van der Waals surface area (Å²) in [6.07, 6.45) is 5.69. The molecule has 0 spiro atoms. The Morgan fingerprint density at radius 3 is 3.00 bits per heavy atom. The van der Waals surface area contributed by atoms with E-state index in [1.807, 2.05) is 11.6 Å². The fourth-order valence-corrected chi connectivity index (χ4v) is 0.641. The van der Waals surface area contributed by atoms with Crippen LogP contribution in [0.3, 0.4) is 0 Å². The molecule has 1 rings (SSSR count). The van der Waals surface area contributed by atoms with Crippen molar-refractivity contribution in [1.82, 2.24) is 0 Å². The monoisotopic (exact) mass is 98.0 g/mol.